The van der Waals surface area contributed by atoms with E-state index in [4.69, 9.17) is 4.74 Å². The van der Waals surface area contributed by atoms with E-state index in [1.54, 1.807) is 42.5 Å². The van der Waals surface area contributed by atoms with E-state index < -0.39 is 23.0 Å². The number of nitrogens with zero attached hydrogens (tertiary/aromatic N) is 2. The van der Waals surface area contributed by atoms with Crippen LogP contribution in [-0.2, 0) is 11.0 Å². The number of methoxy groups -OCH3 is 1. The average Bonchev–Trinajstić information content (AvgIpc) is 2.72. The van der Waals surface area contributed by atoms with Gasteiger partial charge in [0.25, 0.3) is 0 Å². The molecule has 1 atom stereocenters. The molecular formula is C21H18F3N3O2S. The summed E-state index contributed by atoms with van der Waals surface area (Å²) >= 11 is 0.842. The summed E-state index contributed by atoms with van der Waals surface area (Å²) in [5.41, 5.74) is 0.922. The molecule has 1 unspecified atom stereocenters. The Labute approximate surface area is 175 Å². The van der Waals surface area contributed by atoms with Crippen molar-refractivity contribution in [2.45, 2.75) is 23.5 Å². The van der Waals surface area contributed by atoms with E-state index in [2.05, 4.69) is 15.3 Å². The number of hydrogen-bond acceptors (Lipinski definition) is 5. The molecule has 30 heavy (non-hydrogen) atoms. The molecule has 1 amide bonds. The summed E-state index contributed by atoms with van der Waals surface area (Å²) < 4.78 is 44.3. The topological polar surface area (TPSA) is 64.1 Å². The number of rotatable bonds is 6. The molecule has 0 radical (unpaired) electrons. The molecule has 0 saturated carbocycles. The summed E-state index contributed by atoms with van der Waals surface area (Å²) in [6.45, 7) is 1.87. The minimum Gasteiger partial charge on any atom is -0.495 e. The standard InChI is InChI=1S/C21H18F3N3O2S/c1-13-8-9-16(29-2)15(12-13)26-19(28)18(14-6-4-3-5-7-14)30-20-25-11-10-17(27-20)21(22,23)24/h3-12,18H,1-2H3,(H,26,28). The molecule has 0 spiro atoms. The quantitative estimate of drug-likeness (QED) is 0.423. The summed E-state index contributed by atoms with van der Waals surface area (Å²) in [5.74, 6) is 0.0391. The number of alkyl halides is 3. The van der Waals surface area contributed by atoms with E-state index in [-0.39, 0.29) is 5.16 Å². The molecule has 9 heteroatoms. The van der Waals surface area contributed by atoms with Crippen molar-refractivity contribution in [2.24, 2.45) is 0 Å². The SMILES string of the molecule is COc1ccc(C)cc1NC(=O)C(Sc1nccc(C(F)(F)F)n1)c1ccccc1. The van der Waals surface area contributed by atoms with Gasteiger partial charge in [-0.25, -0.2) is 9.97 Å². The maximum atomic E-state index is 13.1. The second-order valence-electron chi connectivity index (χ2n) is 6.32. The van der Waals surface area contributed by atoms with Crippen LogP contribution in [-0.4, -0.2) is 23.0 Å². The molecule has 0 aliphatic rings. The number of amides is 1. The second-order valence-corrected chi connectivity index (χ2v) is 7.40. The Morgan fingerprint density at radius 1 is 1.13 bits per heavy atom. The van der Waals surface area contributed by atoms with E-state index >= 15 is 0 Å². The first-order valence-electron chi connectivity index (χ1n) is 8.85. The Kier molecular flexibility index (Phi) is 6.61. The predicted molar refractivity (Wildman–Crippen MR) is 108 cm³/mol. The van der Waals surface area contributed by atoms with Crippen LogP contribution in [0.2, 0.25) is 0 Å². The van der Waals surface area contributed by atoms with Gasteiger partial charge < -0.3 is 10.1 Å². The van der Waals surface area contributed by atoms with Crippen molar-refractivity contribution < 1.29 is 22.7 Å². The van der Waals surface area contributed by atoms with Crippen LogP contribution in [0.3, 0.4) is 0 Å². The van der Waals surface area contributed by atoms with Crippen LogP contribution in [0.15, 0.2) is 66.0 Å². The number of hydrogen-bond donors (Lipinski definition) is 1. The molecule has 0 bridgehead atoms. The van der Waals surface area contributed by atoms with Crippen molar-refractivity contribution in [1.82, 2.24) is 9.97 Å². The largest absolute Gasteiger partial charge is 0.495 e. The van der Waals surface area contributed by atoms with E-state index in [9.17, 15) is 18.0 Å². The lowest BCUT2D eigenvalue weighted by Gasteiger charge is -2.18. The van der Waals surface area contributed by atoms with Gasteiger partial charge in [-0.15, -0.1) is 0 Å². The third-order valence-electron chi connectivity index (χ3n) is 4.10. The number of anilines is 1. The highest BCUT2D eigenvalue weighted by molar-refractivity contribution is 8.00. The first-order valence-corrected chi connectivity index (χ1v) is 9.73. The molecule has 0 saturated heterocycles. The zero-order valence-corrected chi connectivity index (χ0v) is 16.9. The molecule has 0 aliphatic carbocycles. The zero-order valence-electron chi connectivity index (χ0n) is 16.1. The minimum atomic E-state index is -4.60. The molecule has 156 valence electrons. The van der Waals surface area contributed by atoms with Crippen molar-refractivity contribution in [1.29, 1.82) is 0 Å². The fraction of sp³-hybridized carbons (Fsp3) is 0.190. The molecule has 1 aromatic heterocycles. The normalized spacial score (nSPS) is 12.3. The number of carbonyl (C=O) groups is 1. The van der Waals surface area contributed by atoms with Gasteiger partial charge in [0.15, 0.2) is 5.16 Å². The van der Waals surface area contributed by atoms with Crippen molar-refractivity contribution in [3.05, 3.63) is 77.6 Å². The predicted octanol–water partition coefficient (Wildman–Crippen LogP) is 5.28. The Balaban J connectivity index is 1.93. The number of aryl methyl sites for hydroxylation is 1. The third kappa shape index (κ3) is 5.29. The van der Waals surface area contributed by atoms with Gasteiger partial charge in [0.05, 0.1) is 12.8 Å². The average molecular weight is 433 g/mol. The summed E-state index contributed by atoms with van der Waals surface area (Å²) in [6.07, 6.45) is -3.57. The molecule has 3 rings (SSSR count). The number of aromatic nitrogens is 2. The number of halogens is 3. The molecule has 3 aromatic rings. The van der Waals surface area contributed by atoms with Crippen molar-refractivity contribution >= 4 is 23.4 Å². The summed E-state index contributed by atoms with van der Waals surface area (Å²) in [6, 6.07) is 14.8. The lowest BCUT2D eigenvalue weighted by molar-refractivity contribution is -0.141. The van der Waals surface area contributed by atoms with Crippen LogP contribution >= 0.6 is 11.8 Å². The van der Waals surface area contributed by atoms with Gasteiger partial charge in [0.2, 0.25) is 5.91 Å². The molecule has 2 aromatic carbocycles. The minimum absolute atomic E-state index is 0.148. The Morgan fingerprint density at radius 2 is 1.87 bits per heavy atom. The van der Waals surface area contributed by atoms with Crippen molar-refractivity contribution in [2.75, 3.05) is 12.4 Å². The maximum absolute atomic E-state index is 13.1. The first-order chi connectivity index (χ1) is 14.3. The molecule has 5 nitrogen and oxygen atoms in total. The van der Waals surface area contributed by atoms with Gasteiger partial charge in [-0.3, -0.25) is 4.79 Å². The van der Waals surface area contributed by atoms with E-state index in [1.165, 1.54) is 7.11 Å². The van der Waals surface area contributed by atoms with Gasteiger partial charge in [-0.1, -0.05) is 48.2 Å². The van der Waals surface area contributed by atoms with Gasteiger partial charge in [-0.2, -0.15) is 13.2 Å². The number of benzene rings is 2. The van der Waals surface area contributed by atoms with Crippen molar-refractivity contribution in [3.8, 4) is 5.75 Å². The van der Waals surface area contributed by atoms with Gasteiger partial charge in [-0.05, 0) is 36.2 Å². The van der Waals surface area contributed by atoms with Crippen LogP contribution in [0, 0.1) is 6.92 Å². The van der Waals surface area contributed by atoms with Crippen LogP contribution < -0.4 is 10.1 Å². The molecule has 1 heterocycles. The van der Waals surface area contributed by atoms with Crippen LogP contribution in [0.1, 0.15) is 22.1 Å². The molecule has 0 aliphatic heterocycles. The highest BCUT2D eigenvalue weighted by atomic mass is 32.2. The first kappa shape index (κ1) is 21.6. The highest BCUT2D eigenvalue weighted by Gasteiger charge is 2.33. The van der Waals surface area contributed by atoms with Crippen LogP contribution in [0.4, 0.5) is 18.9 Å². The summed E-state index contributed by atoms with van der Waals surface area (Å²) in [7, 11) is 1.49. The van der Waals surface area contributed by atoms with Gasteiger partial charge in [0, 0.05) is 6.20 Å². The van der Waals surface area contributed by atoms with Crippen LogP contribution in [0.25, 0.3) is 0 Å². The van der Waals surface area contributed by atoms with E-state index in [0.717, 1.165) is 29.6 Å². The molecular weight excluding hydrogens is 415 g/mol. The third-order valence-corrected chi connectivity index (χ3v) is 5.23. The fourth-order valence-electron chi connectivity index (χ4n) is 2.68. The Hall–Kier alpha value is -3.07. The van der Waals surface area contributed by atoms with Crippen LogP contribution in [0.5, 0.6) is 5.75 Å². The van der Waals surface area contributed by atoms with E-state index in [0.29, 0.717) is 17.0 Å². The van der Waals surface area contributed by atoms with Gasteiger partial charge >= 0.3 is 6.18 Å². The number of carbonyl (C=O) groups excluding carboxylic acids is 1. The molecule has 0 fully saturated rings. The number of nitrogens with one attached hydrogen (secondary N) is 1. The summed E-state index contributed by atoms with van der Waals surface area (Å²) in [4.78, 5) is 20.6. The van der Waals surface area contributed by atoms with Gasteiger partial charge in [0.1, 0.15) is 16.7 Å². The monoisotopic (exact) mass is 433 g/mol. The second kappa shape index (κ2) is 9.17. The van der Waals surface area contributed by atoms with Crippen molar-refractivity contribution in [3.63, 3.8) is 0 Å². The highest BCUT2D eigenvalue weighted by Crippen LogP contribution is 2.37. The molecule has 1 N–H and O–H groups in total. The number of ether oxygens (including phenoxy) is 1. The Morgan fingerprint density at radius 3 is 2.53 bits per heavy atom. The number of thioether (sulfide) groups is 1. The fourth-order valence-corrected chi connectivity index (χ4v) is 3.62. The Bertz CT molecular complexity index is 1030. The lowest BCUT2D eigenvalue weighted by atomic mass is 10.1. The zero-order chi connectivity index (χ0) is 21.7. The summed E-state index contributed by atoms with van der Waals surface area (Å²) in [5, 5.41) is 1.78. The maximum Gasteiger partial charge on any atom is 0.433 e. The van der Waals surface area contributed by atoms with E-state index in [1.807, 2.05) is 13.0 Å². The lowest BCUT2D eigenvalue weighted by Crippen LogP contribution is -2.20. The smallest absolute Gasteiger partial charge is 0.433 e.